The second-order valence-corrected chi connectivity index (χ2v) is 5.24. The molecule has 0 heterocycles. The lowest BCUT2D eigenvalue weighted by molar-refractivity contribution is -0.117. The van der Waals surface area contributed by atoms with E-state index in [4.69, 9.17) is 4.74 Å². The molecule has 22 heavy (non-hydrogen) atoms. The number of methoxy groups -OCH3 is 1. The predicted molar refractivity (Wildman–Crippen MR) is 89.1 cm³/mol. The van der Waals surface area contributed by atoms with Crippen molar-refractivity contribution in [2.24, 2.45) is 0 Å². The Kier molecular flexibility index (Phi) is 5.55. The third kappa shape index (κ3) is 4.33. The number of hydrogen-bond acceptors (Lipinski definition) is 3. The quantitative estimate of drug-likeness (QED) is 0.859. The fourth-order valence-corrected chi connectivity index (χ4v) is 2.21. The van der Waals surface area contributed by atoms with Crippen LogP contribution < -0.4 is 15.4 Å². The van der Waals surface area contributed by atoms with E-state index in [1.165, 1.54) is 0 Å². The number of hydrogen-bond donors (Lipinski definition) is 2. The van der Waals surface area contributed by atoms with Crippen molar-refractivity contribution < 1.29 is 9.53 Å². The lowest BCUT2D eigenvalue weighted by Gasteiger charge is -2.20. The van der Waals surface area contributed by atoms with Crippen LogP contribution in [0.25, 0.3) is 0 Å². The second kappa shape index (κ2) is 7.61. The van der Waals surface area contributed by atoms with Gasteiger partial charge in [-0.15, -0.1) is 0 Å². The van der Waals surface area contributed by atoms with E-state index in [0.717, 1.165) is 17.0 Å². The molecule has 0 bridgehead atoms. The average molecular weight is 298 g/mol. The minimum Gasteiger partial charge on any atom is -0.497 e. The monoisotopic (exact) mass is 298 g/mol. The van der Waals surface area contributed by atoms with Crippen molar-refractivity contribution in [2.75, 3.05) is 12.4 Å². The van der Waals surface area contributed by atoms with Crippen LogP contribution in [-0.4, -0.2) is 19.1 Å². The summed E-state index contributed by atoms with van der Waals surface area (Å²) in [7, 11) is 1.62. The van der Waals surface area contributed by atoms with Gasteiger partial charge in [0.25, 0.3) is 0 Å². The van der Waals surface area contributed by atoms with Gasteiger partial charge in [-0.25, -0.2) is 0 Å². The van der Waals surface area contributed by atoms with Crippen LogP contribution in [0.2, 0.25) is 0 Å². The summed E-state index contributed by atoms with van der Waals surface area (Å²) in [5.74, 6) is 0.704. The van der Waals surface area contributed by atoms with Crippen molar-refractivity contribution in [1.82, 2.24) is 5.32 Å². The number of benzene rings is 2. The molecule has 1 amide bonds. The van der Waals surface area contributed by atoms with E-state index in [0.29, 0.717) is 0 Å². The Morgan fingerprint density at radius 1 is 1.00 bits per heavy atom. The van der Waals surface area contributed by atoms with E-state index in [-0.39, 0.29) is 18.0 Å². The van der Waals surface area contributed by atoms with Crippen LogP contribution >= 0.6 is 0 Å². The third-order valence-corrected chi connectivity index (χ3v) is 3.55. The van der Waals surface area contributed by atoms with E-state index in [1.54, 1.807) is 7.11 Å². The van der Waals surface area contributed by atoms with Crippen LogP contribution in [0.4, 0.5) is 5.69 Å². The maximum absolute atomic E-state index is 12.2. The molecule has 2 rings (SSSR count). The molecule has 0 saturated heterocycles. The number of ether oxygens (including phenoxy) is 1. The van der Waals surface area contributed by atoms with Gasteiger partial charge in [0.2, 0.25) is 5.91 Å². The number of carbonyl (C=O) groups excluding carboxylic acids is 1. The van der Waals surface area contributed by atoms with Crippen molar-refractivity contribution in [3.05, 3.63) is 60.2 Å². The Balaban J connectivity index is 1.91. The summed E-state index contributed by atoms with van der Waals surface area (Å²) in [6, 6.07) is 17.2. The molecule has 0 aliphatic carbocycles. The zero-order valence-corrected chi connectivity index (χ0v) is 13.2. The Bertz CT molecular complexity index is 596. The lowest BCUT2D eigenvalue weighted by Crippen LogP contribution is -2.39. The topological polar surface area (TPSA) is 50.4 Å². The number of amides is 1. The van der Waals surface area contributed by atoms with Crippen molar-refractivity contribution in [2.45, 2.75) is 25.9 Å². The predicted octanol–water partition coefficient (Wildman–Crippen LogP) is 3.37. The molecule has 2 N–H and O–H groups in total. The van der Waals surface area contributed by atoms with E-state index < -0.39 is 0 Å². The first-order valence-electron chi connectivity index (χ1n) is 7.36. The summed E-state index contributed by atoms with van der Waals surface area (Å²) in [6.07, 6.45) is 0. The molecule has 0 saturated carbocycles. The first-order chi connectivity index (χ1) is 10.6. The number of rotatable bonds is 6. The van der Waals surface area contributed by atoms with Crippen LogP contribution in [0.15, 0.2) is 54.6 Å². The fraction of sp³-hybridized carbons (Fsp3) is 0.278. The summed E-state index contributed by atoms with van der Waals surface area (Å²) < 4.78 is 5.10. The molecule has 0 aromatic heterocycles. The highest BCUT2D eigenvalue weighted by atomic mass is 16.5. The molecule has 4 heteroatoms. The average Bonchev–Trinajstić information content (AvgIpc) is 2.56. The van der Waals surface area contributed by atoms with Crippen LogP contribution in [-0.2, 0) is 4.79 Å². The van der Waals surface area contributed by atoms with E-state index >= 15 is 0 Å². The van der Waals surface area contributed by atoms with E-state index in [9.17, 15) is 4.79 Å². The SMILES string of the molecule is COc1ccc(NC(=O)[C@@H](C)N[C@@H](C)c2ccccc2)cc1. The summed E-state index contributed by atoms with van der Waals surface area (Å²) in [6.45, 7) is 3.91. The minimum absolute atomic E-state index is 0.0621. The van der Waals surface area contributed by atoms with E-state index in [2.05, 4.69) is 10.6 Å². The Morgan fingerprint density at radius 2 is 1.64 bits per heavy atom. The van der Waals surface area contributed by atoms with E-state index in [1.807, 2.05) is 68.4 Å². The highest BCUT2D eigenvalue weighted by Crippen LogP contribution is 2.16. The highest BCUT2D eigenvalue weighted by molar-refractivity contribution is 5.94. The van der Waals surface area contributed by atoms with Gasteiger partial charge in [-0.2, -0.15) is 0 Å². The summed E-state index contributed by atoms with van der Waals surface area (Å²) in [5, 5.41) is 6.19. The lowest BCUT2D eigenvalue weighted by atomic mass is 10.1. The largest absolute Gasteiger partial charge is 0.497 e. The van der Waals surface area contributed by atoms with Crippen LogP contribution in [0, 0.1) is 0 Å². The third-order valence-electron chi connectivity index (χ3n) is 3.55. The number of nitrogens with one attached hydrogen (secondary N) is 2. The molecule has 116 valence electrons. The highest BCUT2D eigenvalue weighted by Gasteiger charge is 2.16. The summed E-state index contributed by atoms with van der Waals surface area (Å²) >= 11 is 0. The maximum atomic E-state index is 12.2. The van der Waals surface area contributed by atoms with Crippen LogP contribution in [0.1, 0.15) is 25.5 Å². The van der Waals surface area contributed by atoms with Crippen molar-refractivity contribution in [1.29, 1.82) is 0 Å². The second-order valence-electron chi connectivity index (χ2n) is 5.24. The van der Waals surface area contributed by atoms with Gasteiger partial charge < -0.3 is 10.1 Å². The first kappa shape index (κ1) is 16.0. The zero-order chi connectivity index (χ0) is 15.9. The van der Waals surface area contributed by atoms with Crippen molar-refractivity contribution in [3.63, 3.8) is 0 Å². The molecule has 2 atom stereocenters. The molecule has 4 nitrogen and oxygen atoms in total. The Hall–Kier alpha value is -2.33. The Morgan fingerprint density at radius 3 is 2.23 bits per heavy atom. The van der Waals surface area contributed by atoms with Crippen LogP contribution in [0.5, 0.6) is 5.75 Å². The first-order valence-corrected chi connectivity index (χ1v) is 7.36. The molecule has 0 fully saturated rings. The van der Waals surface area contributed by atoms with Gasteiger partial charge in [0.1, 0.15) is 5.75 Å². The van der Waals surface area contributed by atoms with Gasteiger partial charge >= 0.3 is 0 Å². The van der Waals surface area contributed by atoms with Gasteiger partial charge in [-0.1, -0.05) is 30.3 Å². The molecular weight excluding hydrogens is 276 g/mol. The fourth-order valence-electron chi connectivity index (χ4n) is 2.21. The molecule has 2 aromatic rings. The Labute approximate surface area is 131 Å². The standard InChI is InChI=1S/C18H22N2O2/c1-13(15-7-5-4-6-8-15)19-14(2)18(21)20-16-9-11-17(22-3)12-10-16/h4-14,19H,1-3H3,(H,20,21)/t13-,14+/m0/s1. The van der Waals surface area contributed by atoms with Gasteiger partial charge in [0.05, 0.1) is 13.2 Å². The molecular formula is C18H22N2O2. The maximum Gasteiger partial charge on any atom is 0.241 e. The molecule has 0 radical (unpaired) electrons. The van der Waals surface area contributed by atoms with Crippen molar-refractivity contribution in [3.8, 4) is 5.75 Å². The molecule has 0 unspecified atom stereocenters. The number of anilines is 1. The summed E-state index contributed by atoms with van der Waals surface area (Å²) in [5.41, 5.74) is 1.92. The van der Waals surface area contributed by atoms with Crippen molar-refractivity contribution >= 4 is 11.6 Å². The molecule has 0 aliphatic rings. The van der Waals surface area contributed by atoms with Gasteiger partial charge in [-0.05, 0) is 43.7 Å². The van der Waals surface area contributed by atoms with Gasteiger partial charge in [0, 0.05) is 11.7 Å². The number of carbonyl (C=O) groups is 1. The smallest absolute Gasteiger partial charge is 0.241 e. The minimum atomic E-state index is -0.294. The zero-order valence-electron chi connectivity index (χ0n) is 13.2. The molecule has 0 aliphatic heterocycles. The normalized spacial score (nSPS) is 13.2. The van der Waals surface area contributed by atoms with Crippen LogP contribution in [0.3, 0.4) is 0 Å². The van der Waals surface area contributed by atoms with Gasteiger partial charge in [0.15, 0.2) is 0 Å². The molecule has 0 spiro atoms. The summed E-state index contributed by atoms with van der Waals surface area (Å²) in [4.78, 5) is 12.2. The van der Waals surface area contributed by atoms with Gasteiger partial charge in [-0.3, -0.25) is 10.1 Å². The molecule has 2 aromatic carbocycles.